The second-order valence-electron chi connectivity index (χ2n) is 4.72. The van der Waals surface area contributed by atoms with Crippen LogP contribution < -0.4 is 5.32 Å². The third-order valence-corrected chi connectivity index (χ3v) is 3.79. The third kappa shape index (κ3) is 2.64. The van der Waals surface area contributed by atoms with E-state index in [-0.39, 0.29) is 5.91 Å². The van der Waals surface area contributed by atoms with Crippen molar-refractivity contribution in [1.29, 1.82) is 0 Å². The molecule has 21 heavy (non-hydrogen) atoms. The summed E-state index contributed by atoms with van der Waals surface area (Å²) >= 11 is 1.18. The smallest absolute Gasteiger partial charge is 0.269 e. The fraction of sp³-hybridized carbons (Fsp3) is 0.286. The molecule has 1 aromatic carbocycles. The Balaban J connectivity index is 1.78. The first-order valence-corrected chi connectivity index (χ1v) is 7.45. The lowest BCUT2D eigenvalue weighted by molar-refractivity contribution is 0.0940. The molecule has 0 spiro atoms. The van der Waals surface area contributed by atoms with Gasteiger partial charge in [0, 0.05) is 18.7 Å². The van der Waals surface area contributed by atoms with Gasteiger partial charge in [-0.05, 0) is 26.0 Å². The highest BCUT2D eigenvalue weighted by Crippen LogP contribution is 2.16. The SMILES string of the molecule is CCn1nc(C)cc1C(=O)NCc1cccc2nsnc12. The van der Waals surface area contributed by atoms with Crippen LogP contribution in [0, 0.1) is 6.92 Å². The van der Waals surface area contributed by atoms with Crippen LogP contribution in [0.3, 0.4) is 0 Å². The van der Waals surface area contributed by atoms with Gasteiger partial charge >= 0.3 is 0 Å². The molecule has 108 valence electrons. The zero-order chi connectivity index (χ0) is 14.8. The summed E-state index contributed by atoms with van der Waals surface area (Å²) in [6, 6.07) is 7.58. The molecule has 2 heterocycles. The molecule has 0 radical (unpaired) electrons. The Kier molecular flexibility index (Phi) is 3.66. The van der Waals surface area contributed by atoms with Crippen molar-refractivity contribution in [3.05, 3.63) is 41.2 Å². The lowest BCUT2D eigenvalue weighted by atomic mass is 10.2. The number of aryl methyl sites for hydroxylation is 2. The fourth-order valence-corrected chi connectivity index (χ4v) is 2.81. The lowest BCUT2D eigenvalue weighted by Crippen LogP contribution is -2.25. The van der Waals surface area contributed by atoms with Gasteiger partial charge < -0.3 is 5.32 Å². The van der Waals surface area contributed by atoms with Crippen LogP contribution in [0.1, 0.15) is 28.7 Å². The topological polar surface area (TPSA) is 72.7 Å². The van der Waals surface area contributed by atoms with Crippen molar-refractivity contribution in [3.63, 3.8) is 0 Å². The van der Waals surface area contributed by atoms with Crippen molar-refractivity contribution in [1.82, 2.24) is 23.8 Å². The molecule has 0 saturated heterocycles. The van der Waals surface area contributed by atoms with Crippen molar-refractivity contribution < 1.29 is 4.79 Å². The van der Waals surface area contributed by atoms with E-state index in [1.165, 1.54) is 11.7 Å². The van der Waals surface area contributed by atoms with E-state index in [4.69, 9.17) is 0 Å². The Bertz CT molecular complexity index is 792. The van der Waals surface area contributed by atoms with Crippen LogP contribution in [-0.4, -0.2) is 24.4 Å². The molecule has 7 heteroatoms. The highest BCUT2D eigenvalue weighted by Gasteiger charge is 2.13. The summed E-state index contributed by atoms with van der Waals surface area (Å²) in [5.41, 5.74) is 4.10. The van der Waals surface area contributed by atoms with Gasteiger partial charge in [0.2, 0.25) is 0 Å². The monoisotopic (exact) mass is 301 g/mol. The van der Waals surface area contributed by atoms with Crippen molar-refractivity contribution in [2.45, 2.75) is 26.9 Å². The average Bonchev–Trinajstić information content (AvgIpc) is 3.10. The molecule has 6 nitrogen and oxygen atoms in total. The minimum absolute atomic E-state index is 0.127. The molecule has 0 saturated carbocycles. The molecule has 0 bridgehead atoms. The molecule has 0 aliphatic carbocycles. The van der Waals surface area contributed by atoms with E-state index in [2.05, 4.69) is 19.2 Å². The normalized spacial score (nSPS) is 11.0. The summed E-state index contributed by atoms with van der Waals surface area (Å²) in [6.07, 6.45) is 0. The van der Waals surface area contributed by atoms with Gasteiger partial charge in [-0.25, -0.2) is 0 Å². The largest absolute Gasteiger partial charge is 0.347 e. The van der Waals surface area contributed by atoms with E-state index >= 15 is 0 Å². The Morgan fingerprint density at radius 1 is 1.38 bits per heavy atom. The number of hydrogen-bond donors (Lipinski definition) is 1. The summed E-state index contributed by atoms with van der Waals surface area (Å²) in [4.78, 5) is 12.3. The molecule has 1 N–H and O–H groups in total. The highest BCUT2D eigenvalue weighted by molar-refractivity contribution is 7.00. The van der Waals surface area contributed by atoms with E-state index in [9.17, 15) is 4.79 Å². The average molecular weight is 301 g/mol. The van der Waals surface area contributed by atoms with Crippen molar-refractivity contribution >= 4 is 28.7 Å². The Labute approximate surface area is 126 Å². The minimum Gasteiger partial charge on any atom is -0.347 e. The fourth-order valence-electron chi connectivity index (χ4n) is 2.24. The summed E-state index contributed by atoms with van der Waals surface area (Å²) in [5, 5.41) is 7.20. The van der Waals surface area contributed by atoms with E-state index in [0.717, 1.165) is 22.3 Å². The van der Waals surface area contributed by atoms with Crippen molar-refractivity contribution in [2.24, 2.45) is 0 Å². The van der Waals surface area contributed by atoms with Crippen LogP contribution in [0.15, 0.2) is 24.3 Å². The van der Waals surface area contributed by atoms with Crippen LogP contribution in [-0.2, 0) is 13.1 Å². The second kappa shape index (κ2) is 5.61. The number of fused-ring (bicyclic) bond motifs is 1. The van der Waals surface area contributed by atoms with Crippen LogP contribution in [0.25, 0.3) is 11.0 Å². The molecule has 0 aliphatic heterocycles. The van der Waals surface area contributed by atoms with E-state index in [0.29, 0.717) is 18.8 Å². The second-order valence-corrected chi connectivity index (χ2v) is 5.25. The number of nitrogens with zero attached hydrogens (tertiary/aromatic N) is 4. The standard InChI is InChI=1S/C14H15N5OS/c1-3-19-12(7-9(2)16-19)14(20)15-8-10-5-4-6-11-13(10)18-21-17-11/h4-7H,3,8H2,1-2H3,(H,15,20). The molecule has 0 aliphatic rings. The maximum absolute atomic E-state index is 12.3. The van der Waals surface area contributed by atoms with Gasteiger partial charge in [-0.2, -0.15) is 13.8 Å². The molecule has 0 fully saturated rings. The van der Waals surface area contributed by atoms with Gasteiger partial charge in [-0.15, -0.1) is 0 Å². The van der Waals surface area contributed by atoms with E-state index in [1.807, 2.05) is 32.0 Å². The summed E-state index contributed by atoms with van der Waals surface area (Å²) in [7, 11) is 0. The predicted molar refractivity (Wildman–Crippen MR) is 81.2 cm³/mol. The number of carbonyl (C=O) groups excluding carboxylic acids is 1. The number of hydrogen-bond acceptors (Lipinski definition) is 5. The zero-order valence-corrected chi connectivity index (χ0v) is 12.6. The van der Waals surface area contributed by atoms with Crippen LogP contribution >= 0.6 is 11.7 Å². The number of benzene rings is 1. The maximum atomic E-state index is 12.3. The number of amides is 1. The molecule has 2 aromatic heterocycles. The molecular weight excluding hydrogens is 286 g/mol. The Morgan fingerprint density at radius 3 is 3.05 bits per heavy atom. The lowest BCUT2D eigenvalue weighted by Gasteiger charge is -2.07. The Hall–Kier alpha value is -2.28. The van der Waals surface area contributed by atoms with Gasteiger partial charge in [0.25, 0.3) is 5.91 Å². The van der Waals surface area contributed by atoms with Gasteiger partial charge in [0.1, 0.15) is 16.7 Å². The molecule has 3 aromatic rings. The first-order chi connectivity index (χ1) is 10.2. The molecule has 3 rings (SSSR count). The van der Waals surface area contributed by atoms with E-state index < -0.39 is 0 Å². The van der Waals surface area contributed by atoms with Gasteiger partial charge in [-0.3, -0.25) is 9.48 Å². The first kappa shape index (κ1) is 13.7. The van der Waals surface area contributed by atoms with Crippen LogP contribution in [0.4, 0.5) is 0 Å². The van der Waals surface area contributed by atoms with Crippen LogP contribution in [0.5, 0.6) is 0 Å². The molecule has 0 unspecified atom stereocenters. The number of aromatic nitrogens is 4. The molecule has 1 amide bonds. The summed E-state index contributed by atoms with van der Waals surface area (Å²) in [5.74, 6) is -0.127. The zero-order valence-electron chi connectivity index (χ0n) is 11.8. The minimum atomic E-state index is -0.127. The number of rotatable bonds is 4. The predicted octanol–water partition coefficient (Wildman–Crippen LogP) is 2.15. The van der Waals surface area contributed by atoms with Gasteiger partial charge in [0.05, 0.1) is 17.4 Å². The quantitative estimate of drug-likeness (QED) is 0.801. The van der Waals surface area contributed by atoms with Crippen molar-refractivity contribution in [3.8, 4) is 0 Å². The first-order valence-electron chi connectivity index (χ1n) is 6.72. The number of nitrogens with one attached hydrogen (secondary N) is 1. The van der Waals surface area contributed by atoms with Gasteiger partial charge in [-0.1, -0.05) is 12.1 Å². The van der Waals surface area contributed by atoms with Gasteiger partial charge in [0.15, 0.2) is 0 Å². The van der Waals surface area contributed by atoms with Crippen molar-refractivity contribution in [2.75, 3.05) is 0 Å². The molecule has 0 atom stereocenters. The third-order valence-electron chi connectivity index (χ3n) is 3.24. The maximum Gasteiger partial charge on any atom is 0.269 e. The summed E-state index contributed by atoms with van der Waals surface area (Å²) < 4.78 is 10.2. The Morgan fingerprint density at radius 2 is 2.24 bits per heavy atom. The highest BCUT2D eigenvalue weighted by atomic mass is 32.1. The number of carbonyl (C=O) groups is 1. The molecular formula is C14H15N5OS. The van der Waals surface area contributed by atoms with Crippen LogP contribution in [0.2, 0.25) is 0 Å². The van der Waals surface area contributed by atoms with E-state index in [1.54, 1.807) is 10.7 Å². The summed E-state index contributed by atoms with van der Waals surface area (Å²) in [6.45, 7) is 4.94.